The van der Waals surface area contributed by atoms with Crippen LogP contribution >= 0.6 is 0 Å². The molecule has 0 spiro atoms. The number of carbonyl (C=O) groups is 2. The highest BCUT2D eigenvalue weighted by Crippen LogP contribution is 2.31. The van der Waals surface area contributed by atoms with E-state index in [1.165, 1.54) is 67.8 Å². The summed E-state index contributed by atoms with van der Waals surface area (Å²) in [7, 11) is -2.75. The molecule has 0 unspecified atom stereocenters. The van der Waals surface area contributed by atoms with E-state index in [4.69, 9.17) is 13.7 Å². The predicted octanol–water partition coefficient (Wildman–Crippen LogP) is 4.19. The van der Waals surface area contributed by atoms with E-state index in [9.17, 15) is 23.3 Å². The van der Waals surface area contributed by atoms with Gasteiger partial charge in [-0.3, -0.25) is 4.79 Å². The molecular weight excluding hydrogens is 484 g/mol. The van der Waals surface area contributed by atoms with Gasteiger partial charge in [0, 0.05) is 5.69 Å². The number of ether oxygens (including phenoxy) is 2. The zero-order valence-electron chi connectivity index (χ0n) is 19.4. The molecule has 3 rings (SSSR count). The van der Waals surface area contributed by atoms with E-state index in [1.807, 2.05) is 6.07 Å². The van der Waals surface area contributed by atoms with E-state index in [0.717, 1.165) is 0 Å². The van der Waals surface area contributed by atoms with Gasteiger partial charge in [-0.2, -0.15) is 13.7 Å². The van der Waals surface area contributed by atoms with Crippen molar-refractivity contribution in [2.24, 2.45) is 0 Å². The van der Waals surface area contributed by atoms with Crippen molar-refractivity contribution >= 4 is 33.8 Å². The molecule has 1 N–H and O–H groups in total. The van der Waals surface area contributed by atoms with Crippen LogP contribution in [0.15, 0.2) is 83.3 Å². The number of amides is 1. The number of anilines is 1. The van der Waals surface area contributed by atoms with E-state index in [1.54, 1.807) is 25.1 Å². The average molecular weight is 507 g/mol. The highest BCUT2D eigenvalue weighted by molar-refractivity contribution is 7.87. The van der Waals surface area contributed by atoms with Gasteiger partial charge in [0.2, 0.25) is 0 Å². The fourth-order valence-electron chi connectivity index (χ4n) is 3.01. The van der Waals surface area contributed by atoms with Gasteiger partial charge in [0.05, 0.1) is 19.3 Å². The Balaban J connectivity index is 1.78. The van der Waals surface area contributed by atoms with Crippen LogP contribution in [0.3, 0.4) is 0 Å². The van der Waals surface area contributed by atoms with Crippen LogP contribution in [0.2, 0.25) is 0 Å². The van der Waals surface area contributed by atoms with Crippen molar-refractivity contribution in [3.63, 3.8) is 0 Å². The lowest BCUT2D eigenvalue weighted by atomic mass is 10.1. The molecule has 0 aliphatic rings. The molecule has 0 radical (unpaired) electrons. The van der Waals surface area contributed by atoms with E-state index in [2.05, 4.69) is 5.32 Å². The quantitative estimate of drug-likeness (QED) is 0.198. The first-order valence-corrected chi connectivity index (χ1v) is 12.1. The second-order valence-corrected chi connectivity index (χ2v) is 8.73. The normalized spacial score (nSPS) is 11.2. The van der Waals surface area contributed by atoms with Gasteiger partial charge in [0.15, 0.2) is 11.5 Å². The van der Waals surface area contributed by atoms with Gasteiger partial charge >= 0.3 is 16.1 Å². The summed E-state index contributed by atoms with van der Waals surface area (Å²) in [5, 5.41) is 12.1. The van der Waals surface area contributed by atoms with Crippen molar-refractivity contribution in [2.45, 2.75) is 11.8 Å². The molecule has 0 bridgehead atoms. The monoisotopic (exact) mass is 506 g/mol. The molecule has 3 aromatic carbocycles. The predicted molar refractivity (Wildman–Crippen MR) is 132 cm³/mol. The lowest BCUT2D eigenvalue weighted by Crippen LogP contribution is -2.13. The zero-order chi connectivity index (χ0) is 26.1. The Bertz CT molecular complexity index is 1430. The minimum absolute atomic E-state index is 0.0187. The van der Waals surface area contributed by atoms with Crippen molar-refractivity contribution < 1.29 is 31.7 Å². The molecule has 10 heteroatoms. The number of benzene rings is 3. The third kappa shape index (κ3) is 6.49. The Hall–Kier alpha value is -4.62. The van der Waals surface area contributed by atoms with Crippen molar-refractivity contribution in [2.75, 3.05) is 19.0 Å². The molecule has 0 heterocycles. The first-order chi connectivity index (χ1) is 17.3. The molecule has 0 aromatic heterocycles. The van der Waals surface area contributed by atoms with Crippen molar-refractivity contribution in [3.05, 3.63) is 89.5 Å². The van der Waals surface area contributed by atoms with E-state index >= 15 is 0 Å². The standard InChI is InChI=1S/C26H22N2O7S/c1-3-34-26(30)19-10-12-21(13-11-19)28-25(29)20(17-27)15-18-9-14-23(24(16-18)33-2)35-36(31,32)22-7-5-4-6-8-22/h4-16H,3H2,1-2H3,(H,28,29)/b20-15+. The number of methoxy groups -OCH3 is 1. The molecule has 0 saturated heterocycles. The molecule has 9 nitrogen and oxygen atoms in total. The van der Waals surface area contributed by atoms with Crippen LogP contribution in [-0.4, -0.2) is 34.0 Å². The summed E-state index contributed by atoms with van der Waals surface area (Å²) in [6, 6.07) is 19.8. The van der Waals surface area contributed by atoms with Crippen LogP contribution in [0, 0.1) is 11.3 Å². The number of nitrogens with one attached hydrogen (secondary N) is 1. The van der Waals surface area contributed by atoms with Crippen LogP contribution in [0.5, 0.6) is 11.5 Å². The summed E-state index contributed by atoms with van der Waals surface area (Å²) in [4.78, 5) is 24.3. The number of nitrogens with zero attached hydrogens (tertiary/aromatic N) is 1. The summed E-state index contributed by atoms with van der Waals surface area (Å²) in [5.74, 6) is -1.11. The lowest BCUT2D eigenvalue weighted by Gasteiger charge is -2.11. The maximum absolute atomic E-state index is 12.6. The Morgan fingerprint density at radius 1 is 1.00 bits per heavy atom. The summed E-state index contributed by atoms with van der Waals surface area (Å²) in [5.41, 5.74) is 0.897. The Kier molecular flexibility index (Phi) is 8.43. The van der Waals surface area contributed by atoms with E-state index in [-0.39, 0.29) is 28.6 Å². The Morgan fingerprint density at radius 3 is 2.31 bits per heavy atom. The van der Waals surface area contributed by atoms with Crippen LogP contribution in [0.4, 0.5) is 5.69 Å². The summed E-state index contributed by atoms with van der Waals surface area (Å²) < 4.78 is 40.4. The third-order valence-corrected chi connectivity index (χ3v) is 6.00. The molecule has 0 aliphatic heterocycles. The second-order valence-electron chi connectivity index (χ2n) is 7.18. The number of rotatable bonds is 9. The Labute approximate surface area is 208 Å². The highest BCUT2D eigenvalue weighted by Gasteiger charge is 2.19. The van der Waals surface area contributed by atoms with Gasteiger partial charge < -0.3 is 19.0 Å². The van der Waals surface area contributed by atoms with Gasteiger partial charge in [0.25, 0.3) is 5.91 Å². The molecule has 184 valence electrons. The van der Waals surface area contributed by atoms with Gasteiger partial charge in [0.1, 0.15) is 16.5 Å². The SMILES string of the molecule is CCOC(=O)c1ccc(NC(=O)/C(C#N)=C/c2ccc(OS(=O)(=O)c3ccccc3)c(OC)c2)cc1. The molecule has 0 atom stereocenters. The fraction of sp³-hybridized carbons (Fsp3) is 0.115. The van der Waals surface area contributed by atoms with Gasteiger partial charge in [-0.1, -0.05) is 24.3 Å². The molecular formula is C26H22N2O7S. The third-order valence-electron chi connectivity index (χ3n) is 4.75. The molecule has 0 fully saturated rings. The van der Waals surface area contributed by atoms with Crippen LogP contribution < -0.4 is 14.2 Å². The molecule has 0 saturated carbocycles. The van der Waals surface area contributed by atoms with Crippen LogP contribution in [0.1, 0.15) is 22.8 Å². The summed E-state index contributed by atoms with van der Waals surface area (Å²) in [6.45, 7) is 1.94. The van der Waals surface area contributed by atoms with Gasteiger partial charge in [-0.25, -0.2) is 4.79 Å². The number of carbonyl (C=O) groups excluding carboxylic acids is 2. The smallest absolute Gasteiger partial charge is 0.339 e. The minimum atomic E-state index is -4.09. The van der Waals surface area contributed by atoms with Gasteiger partial charge in [-0.15, -0.1) is 0 Å². The number of esters is 1. The van der Waals surface area contributed by atoms with Crippen molar-refractivity contribution in [3.8, 4) is 17.6 Å². The number of hydrogen-bond donors (Lipinski definition) is 1. The summed E-state index contributed by atoms with van der Waals surface area (Å²) >= 11 is 0. The lowest BCUT2D eigenvalue weighted by molar-refractivity contribution is -0.112. The number of nitriles is 1. The fourth-order valence-corrected chi connectivity index (χ4v) is 3.97. The zero-order valence-corrected chi connectivity index (χ0v) is 20.2. The van der Waals surface area contributed by atoms with E-state index in [0.29, 0.717) is 16.8 Å². The average Bonchev–Trinajstić information content (AvgIpc) is 2.88. The minimum Gasteiger partial charge on any atom is -0.493 e. The second kappa shape index (κ2) is 11.7. The van der Waals surface area contributed by atoms with E-state index < -0.39 is 22.0 Å². The van der Waals surface area contributed by atoms with Crippen LogP contribution in [-0.2, 0) is 19.6 Å². The molecule has 36 heavy (non-hydrogen) atoms. The first kappa shape index (κ1) is 26.0. The molecule has 0 aliphatic carbocycles. The molecule has 1 amide bonds. The summed E-state index contributed by atoms with van der Waals surface area (Å²) in [6.07, 6.45) is 1.32. The van der Waals surface area contributed by atoms with Gasteiger partial charge in [-0.05, 0) is 67.1 Å². The first-order valence-electron chi connectivity index (χ1n) is 10.6. The Morgan fingerprint density at radius 2 is 1.69 bits per heavy atom. The topological polar surface area (TPSA) is 132 Å². The maximum atomic E-state index is 12.6. The molecule has 3 aromatic rings. The van der Waals surface area contributed by atoms with Crippen LogP contribution in [0.25, 0.3) is 6.08 Å². The number of hydrogen-bond acceptors (Lipinski definition) is 8. The van der Waals surface area contributed by atoms with Crippen molar-refractivity contribution in [1.29, 1.82) is 5.26 Å². The maximum Gasteiger partial charge on any atom is 0.339 e. The highest BCUT2D eigenvalue weighted by atomic mass is 32.2. The largest absolute Gasteiger partial charge is 0.493 e. The van der Waals surface area contributed by atoms with Crippen molar-refractivity contribution in [1.82, 2.24) is 0 Å².